The highest BCUT2D eigenvalue weighted by Gasteiger charge is 2.42. The summed E-state index contributed by atoms with van der Waals surface area (Å²) < 4.78 is 0. The SMILES string of the molecule is CCC(C)(C)N(C)C1(CN)CCN(c2ccccc2)CC1. The first-order chi connectivity index (χ1) is 9.95. The Kier molecular flexibility index (Phi) is 4.95. The second kappa shape index (κ2) is 6.37. The zero-order valence-electron chi connectivity index (χ0n) is 14.1. The van der Waals surface area contributed by atoms with Crippen LogP contribution >= 0.6 is 0 Å². The smallest absolute Gasteiger partial charge is 0.0367 e. The molecule has 3 heteroatoms. The molecule has 1 saturated heterocycles. The van der Waals surface area contributed by atoms with E-state index in [-0.39, 0.29) is 11.1 Å². The van der Waals surface area contributed by atoms with Crippen LogP contribution in [0.5, 0.6) is 0 Å². The van der Waals surface area contributed by atoms with E-state index in [9.17, 15) is 0 Å². The molecule has 0 spiro atoms. The third-order valence-electron chi connectivity index (χ3n) is 5.68. The van der Waals surface area contributed by atoms with Gasteiger partial charge in [0.25, 0.3) is 0 Å². The van der Waals surface area contributed by atoms with E-state index in [1.807, 2.05) is 0 Å². The van der Waals surface area contributed by atoms with Gasteiger partial charge in [0.15, 0.2) is 0 Å². The summed E-state index contributed by atoms with van der Waals surface area (Å²) in [6.45, 7) is 9.84. The predicted molar refractivity (Wildman–Crippen MR) is 91.8 cm³/mol. The normalized spacial score (nSPS) is 19.0. The molecule has 3 nitrogen and oxygen atoms in total. The number of piperidine rings is 1. The molecule has 2 N–H and O–H groups in total. The molecule has 1 heterocycles. The fourth-order valence-corrected chi connectivity index (χ4v) is 3.38. The van der Waals surface area contributed by atoms with Gasteiger partial charge >= 0.3 is 0 Å². The molecule has 21 heavy (non-hydrogen) atoms. The van der Waals surface area contributed by atoms with Crippen molar-refractivity contribution >= 4 is 5.69 Å². The van der Waals surface area contributed by atoms with E-state index in [1.54, 1.807) is 0 Å². The van der Waals surface area contributed by atoms with E-state index in [0.29, 0.717) is 0 Å². The van der Waals surface area contributed by atoms with Crippen molar-refractivity contribution in [3.63, 3.8) is 0 Å². The maximum atomic E-state index is 6.21. The zero-order chi connectivity index (χ0) is 15.5. The molecule has 0 saturated carbocycles. The largest absolute Gasteiger partial charge is 0.371 e. The summed E-state index contributed by atoms with van der Waals surface area (Å²) >= 11 is 0. The molecule has 1 fully saturated rings. The minimum Gasteiger partial charge on any atom is -0.371 e. The molecule has 1 aromatic rings. The monoisotopic (exact) mass is 289 g/mol. The first kappa shape index (κ1) is 16.3. The van der Waals surface area contributed by atoms with Gasteiger partial charge in [-0.2, -0.15) is 0 Å². The molecule has 0 amide bonds. The maximum Gasteiger partial charge on any atom is 0.0367 e. The number of benzene rings is 1. The fourth-order valence-electron chi connectivity index (χ4n) is 3.38. The standard InChI is InChI=1S/C18H31N3/c1-5-17(2,3)20(4)18(15-19)11-13-21(14-12-18)16-9-7-6-8-10-16/h6-10H,5,11-15,19H2,1-4H3. The van der Waals surface area contributed by atoms with Crippen molar-refractivity contribution in [2.24, 2.45) is 5.73 Å². The molecule has 0 bridgehead atoms. The summed E-state index contributed by atoms with van der Waals surface area (Å²) in [4.78, 5) is 5.03. The fraction of sp³-hybridized carbons (Fsp3) is 0.667. The van der Waals surface area contributed by atoms with E-state index >= 15 is 0 Å². The van der Waals surface area contributed by atoms with Gasteiger partial charge in [-0.05, 0) is 52.3 Å². The highest BCUT2D eigenvalue weighted by molar-refractivity contribution is 5.46. The molecular weight excluding hydrogens is 258 g/mol. The third kappa shape index (κ3) is 3.24. The van der Waals surface area contributed by atoms with Crippen molar-refractivity contribution in [2.75, 3.05) is 31.6 Å². The number of hydrogen-bond donors (Lipinski definition) is 1. The zero-order valence-corrected chi connectivity index (χ0v) is 14.1. The lowest BCUT2D eigenvalue weighted by molar-refractivity contribution is 0.00724. The summed E-state index contributed by atoms with van der Waals surface area (Å²) in [6, 6.07) is 10.7. The van der Waals surface area contributed by atoms with Gasteiger partial charge in [0, 0.05) is 36.4 Å². The van der Waals surface area contributed by atoms with E-state index in [4.69, 9.17) is 5.73 Å². The quantitative estimate of drug-likeness (QED) is 0.904. The average Bonchev–Trinajstić information content (AvgIpc) is 2.55. The van der Waals surface area contributed by atoms with Gasteiger partial charge in [0.2, 0.25) is 0 Å². The molecule has 1 aliphatic heterocycles. The minimum absolute atomic E-state index is 0.144. The van der Waals surface area contributed by atoms with Crippen LogP contribution in [0.25, 0.3) is 0 Å². The van der Waals surface area contributed by atoms with Crippen molar-refractivity contribution in [1.29, 1.82) is 0 Å². The van der Waals surface area contributed by atoms with E-state index in [0.717, 1.165) is 38.9 Å². The van der Waals surface area contributed by atoms with Crippen LogP contribution in [0, 0.1) is 0 Å². The summed E-state index contributed by atoms with van der Waals surface area (Å²) in [5.41, 5.74) is 7.89. The Labute approximate surface area is 130 Å². The van der Waals surface area contributed by atoms with Crippen LogP contribution in [0.2, 0.25) is 0 Å². The van der Waals surface area contributed by atoms with Gasteiger partial charge < -0.3 is 10.6 Å². The second-order valence-corrected chi connectivity index (χ2v) is 6.98. The lowest BCUT2D eigenvalue weighted by Crippen LogP contribution is -2.63. The Bertz CT molecular complexity index is 433. The topological polar surface area (TPSA) is 32.5 Å². The molecule has 0 radical (unpaired) electrons. The molecule has 1 aromatic carbocycles. The summed E-state index contributed by atoms with van der Waals surface area (Å²) in [7, 11) is 2.26. The van der Waals surface area contributed by atoms with Crippen LogP contribution in [0.1, 0.15) is 40.0 Å². The van der Waals surface area contributed by atoms with Crippen LogP contribution in [0.3, 0.4) is 0 Å². The Morgan fingerprint density at radius 1 is 1.19 bits per heavy atom. The number of para-hydroxylation sites is 1. The predicted octanol–water partition coefficient (Wildman–Crippen LogP) is 3.10. The Balaban J connectivity index is 2.09. The van der Waals surface area contributed by atoms with Gasteiger partial charge in [-0.3, -0.25) is 4.90 Å². The maximum absolute atomic E-state index is 6.21. The lowest BCUT2D eigenvalue weighted by atomic mass is 9.81. The molecular formula is C18H31N3. The number of hydrogen-bond acceptors (Lipinski definition) is 3. The van der Waals surface area contributed by atoms with E-state index in [2.05, 4.69) is 68.0 Å². The van der Waals surface area contributed by atoms with Gasteiger partial charge in [-0.1, -0.05) is 25.1 Å². The number of anilines is 1. The first-order valence-corrected chi connectivity index (χ1v) is 8.19. The number of likely N-dealkylation sites (N-methyl/N-ethyl adjacent to an activating group) is 1. The molecule has 2 rings (SSSR count). The Morgan fingerprint density at radius 2 is 1.76 bits per heavy atom. The molecule has 0 atom stereocenters. The van der Waals surface area contributed by atoms with Crippen LogP contribution in [0.15, 0.2) is 30.3 Å². The van der Waals surface area contributed by atoms with Crippen LogP contribution < -0.4 is 10.6 Å². The molecule has 0 aliphatic carbocycles. The van der Waals surface area contributed by atoms with Crippen LogP contribution in [0.4, 0.5) is 5.69 Å². The average molecular weight is 289 g/mol. The highest BCUT2D eigenvalue weighted by Crippen LogP contribution is 2.35. The van der Waals surface area contributed by atoms with Gasteiger partial charge in [-0.25, -0.2) is 0 Å². The van der Waals surface area contributed by atoms with Crippen LogP contribution in [-0.4, -0.2) is 42.7 Å². The minimum atomic E-state index is 0.144. The summed E-state index contributed by atoms with van der Waals surface area (Å²) in [6.07, 6.45) is 3.42. The van der Waals surface area contributed by atoms with Crippen molar-refractivity contribution in [1.82, 2.24) is 4.90 Å². The van der Waals surface area contributed by atoms with Crippen molar-refractivity contribution in [2.45, 2.75) is 51.1 Å². The van der Waals surface area contributed by atoms with Crippen molar-refractivity contribution in [3.05, 3.63) is 30.3 Å². The molecule has 118 valence electrons. The van der Waals surface area contributed by atoms with Crippen molar-refractivity contribution < 1.29 is 0 Å². The van der Waals surface area contributed by atoms with E-state index in [1.165, 1.54) is 5.69 Å². The third-order valence-corrected chi connectivity index (χ3v) is 5.68. The van der Waals surface area contributed by atoms with E-state index < -0.39 is 0 Å². The second-order valence-electron chi connectivity index (χ2n) is 6.98. The number of nitrogens with two attached hydrogens (primary N) is 1. The van der Waals surface area contributed by atoms with Gasteiger partial charge in [-0.15, -0.1) is 0 Å². The highest BCUT2D eigenvalue weighted by atomic mass is 15.3. The Morgan fingerprint density at radius 3 is 2.24 bits per heavy atom. The summed E-state index contributed by atoms with van der Waals surface area (Å²) in [5, 5.41) is 0. The first-order valence-electron chi connectivity index (χ1n) is 8.19. The molecule has 1 aliphatic rings. The van der Waals surface area contributed by atoms with Gasteiger partial charge in [0.05, 0.1) is 0 Å². The summed E-state index contributed by atoms with van der Waals surface area (Å²) in [5.74, 6) is 0. The molecule has 0 unspecified atom stereocenters. The molecule has 0 aromatic heterocycles. The van der Waals surface area contributed by atoms with Crippen molar-refractivity contribution in [3.8, 4) is 0 Å². The lowest BCUT2D eigenvalue weighted by Gasteiger charge is -2.53. The van der Waals surface area contributed by atoms with Crippen LogP contribution in [-0.2, 0) is 0 Å². The number of rotatable bonds is 5. The van der Waals surface area contributed by atoms with Gasteiger partial charge in [0.1, 0.15) is 0 Å². The Hall–Kier alpha value is -1.06. The number of nitrogens with zero attached hydrogens (tertiary/aromatic N) is 2.